The molecule has 134 valence electrons. The van der Waals surface area contributed by atoms with Crippen LogP contribution < -0.4 is 4.74 Å². The van der Waals surface area contributed by atoms with E-state index in [0.717, 1.165) is 5.69 Å². The van der Waals surface area contributed by atoms with Gasteiger partial charge in [0, 0.05) is 20.7 Å². The van der Waals surface area contributed by atoms with E-state index in [1.54, 1.807) is 18.0 Å². The van der Waals surface area contributed by atoms with E-state index in [9.17, 15) is 9.59 Å². The molecule has 0 aliphatic heterocycles. The number of carbonyl (C=O) groups is 2. The second-order valence-corrected chi connectivity index (χ2v) is 5.33. The molecule has 25 heavy (non-hydrogen) atoms. The third-order valence-corrected chi connectivity index (χ3v) is 3.46. The van der Waals surface area contributed by atoms with Crippen molar-refractivity contribution in [3.63, 3.8) is 0 Å². The van der Waals surface area contributed by atoms with Crippen molar-refractivity contribution in [3.05, 3.63) is 42.2 Å². The van der Waals surface area contributed by atoms with E-state index in [1.165, 1.54) is 11.9 Å². The Kier molecular flexibility index (Phi) is 6.53. The number of ether oxygens (including phenoxy) is 2. The minimum atomic E-state index is -0.967. The average Bonchev–Trinajstić information content (AvgIpc) is 3.04. The largest absolute Gasteiger partial charge is 0.487 e. The quantitative estimate of drug-likeness (QED) is 0.690. The van der Waals surface area contributed by atoms with Crippen LogP contribution in [0.5, 0.6) is 5.75 Å². The van der Waals surface area contributed by atoms with Crippen molar-refractivity contribution in [2.24, 2.45) is 0 Å². The van der Waals surface area contributed by atoms with Gasteiger partial charge in [-0.25, -0.2) is 4.68 Å². The van der Waals surface area contributed by atoms with Crippen molar-refractivity contribution >= 4 is 11.9 Å². The molecule has 0 unspecified atom stereocenters. The molecular formula is C17H21N3O5. The highest BCUT2D eigenvalue weighted by molar-refractivity contribution is 5.95. The predicted molar refractivity (Wildman–Crippen MR) is 90.1 cm³/mol. The summed E-state index contributed by atoms with van der Waals surface area (Å²) in [6, 6.07) is 9.32. The van der Waals surface area contributed by atoms with Gasteiger partial charge in [0.25, 0.3) is 5.91 Å². The summed E-state index contributed by atoms with van der Waals surface area (Å²) < 4.78 is 12.1. The van der Waals surface area contributed by atoms with Gasteiger partial charge in [0.1, 0.15) is 6.61 Å². The number of amides is 1. The van der Waals surface area contributed by atoms with Gasteiger partial charge in [-0.2, -0.15) is 5.10 Å². The van der Waals surface area contributed by atoms with Gasteiger partial charge < -0.3 is 19.5 Å². The fraction of sp³-hybridized carbons (Fsp3) is 0.353. The first-order chi connectivity index (χ1) is 12.0. The van der Waals surface area contributed by atoms with E-state index in [0.29, 0.717) is 12.4 Å². The summed E-state index contributed by atoms with van der Waals surface area (Å²) in [5, 5.41) is 13.1. The first kappa shape index (κ1) is 18.5. The van der Waals surface area contributed by atoms with E-state index in [4.69, 9.17) is 14.6 Å². The smallest absolute Gasteiger partial charge is 0.305 e. The predicted octanol–water partition coefficient (Wildman–Crippen LogP) is 1.44. The zero-order valence-corrected chi connectivity index (χ0v) is 14.2. The summed E-state index contributed by atoms with van der Waals surface area (Å²) >= 11 is 0. The minimum Gasteiger partial charge on any atom is -0.487 e. The Hall–Kier alpha value is -2.87. The fourth-order valence-corrected chi connectivity index (χ4v) is 2.11. The van der Waals surface area contributed by atoms with Crippen LogP contribution in [0.25, 0.3) is 5.69 Å². The number of carbonyl (C=O) groups excluding carboxylic acids is 1. The minimum absolute atomic E-state index is 0.0872. The van der Waals surface area contributed by atoms with Crippen LogP contribution in [-0.2, 0) is 9.53 Å². The summed E-state index contributed by atoms with van der Waals surface area (Å²) in [7, 11) is 3.09. The van der Waals surface area contributed by atoms with Crippen LogP contribution in [0, 0.1) is 0 Å². The second kappa shape index (κ2) is 8.84. The van der Waals surface area contributed by atoms with Crippen molar-refractivity contribution in [1.29, 1.82) is 0 Å². The van der Waals surface area contributed by atoms with Crippen LogP contribution in [0.3, 0.4) is 0 Å². The Morgan fingerprint density at radius 3 is 2.60 bits per heavy atom. The van der Waals surface area contributed by atoms with Gasteiger partial charge in [-0.1, -0.05) is 18.2 Å². The number of methoxy groups -OCH3 is 1. The highest BCUT2D eigenvalue weighted by Gasteiger charge is 2.22. The standard InChI is InChI=1S/C17H21N3O5/c1-19(9-8-15(21)22)17(23)16-14(25-11-10-24-2)12-20(18-16)13-6-4-3-5-7-13/h3-7,12H,8-11H2,1-2H3,(H,21,22). The van der Waals surface area contributed by atoms with Gasteiger partial charge in [0.05, 0.1) is 24.9 Å². The van der Waals surface area contributed by atoms with E-state index in [-0.39, 0.29) is 25.3 Å². The van der Waals surface area contributed by atoms with Crippen LogP contribution >= 0.6 is 0 Å². The van der Waals surface area contributed by atoms with Crippen molar-refractivity contribution in [2.75, 3.05) is 33.9 Å². The van der Waals surface area contributed by atoms with Gasteiger partial charge in [0.15, 0.2) is 11.4 Å². The zero-order chi connectivity index (χ0) is 18.2. The summed E-state index contributed by atoms with van der Waals surface area (Å²) in [6.45, 7) is 0.735. The monoisotopic (exact) mass is 347 g/mol. The van der Waals surface area contributed by atoms with Crippen molar-refractivity contribution in [1.82, 2.24) is 14.7 Å². The number of carboxylic acid groups (broad SMARTS) is 1. The summed E-state index contributed by atoms with van der Waals surface area (Å²) in [6.07, 6.45) is 1.49. The molecule has 1 amide bonds. The molecule has 0 bridgehead atoms. The summed E-state index contributed by atoms with van der Waals surface area (Å²) in [4.78, 5) is 24.6. The molecule has 2 aromatic rings. The van der Waals surface area contributed by atoms with Crippen LogP contribution in [-0.4, -0.2) is 65.6 Å². The molecule has 0 aliphatic carbocycles. The zero-order valence-electron chi connectivity index (χ0n) is 14.2. The first-order valence-corrected chi connectivity index (χ1v) is 7.77. The molecule has 2 rings (SSSR count). The van der Waals surface area contributed by atoms with Gasteiger partial charge in [-0.15, -0.1) is 0 Å². The van der Waals surface area contributed by atoms with E-state index < -0.39 is 11.9 Å². The van der Waals surface area contributed by atoms with Crippen LogP contribution in [0.15, 0.2) is 36.5 Å². The van der Waals surface area contributed by atoms with Crippen LogP contribution in [0.4, 0.5) is 0 Å². The molecule has 1 N–H and O–H groups in total. The molecule has 1 aromatic heterocycles. The first-order valence-electron chi connectivity index (χ1n) is 7.77. The lowest BCUT2D eigenvalue weighted by atomic mass is 10.3. The maximum absolute atomic E-state index is 12.6. The molecular weight excluding hydrogens is 326 g/mol. The molecule has 0 fully saturated rings. The Labute approximate surface area is 145 Å². The number of carboxylic acids is 1. The molecule has 1 aromatic carbocycles. The maximum Gasteiger partial charge on any atom is 0.305 e. The molecule has 8 nitrogen and oxygen atoms in total. The molecule has 0 saturated carbocycles. The number of benzene rings is 1. The Bertz CT molecular complexity index is 714. The summed E-state index contributed by atoms with van der Waals surface area (Å²) in [5.74, 6) is -1.04. The highest BCUT2D eigenvalue weighted by atomic mass is 16.5. The van der Waals surface area contributed by atoms with Gasteiger partial charge in [0.2, 0.25) is 0 Å². The highest BCUT2D eigenvalue weighted by Crippen LogP contribution is 2.21. The number of hydrogen-bond acceptors (Lipinski definition) is 5. The average molecular weight is 347 g/mol. The van der Waals surface area contributed by atoms with Crippen molar-refractivity contribution in [2.45, 2.75) is 6.42 Å². The van der Waals surface area contributed by atoms with Gasteiger partial charge >= 0.3 is 5.97 Å². The van der Waals surface area contributed by atoms with Gasteiger partial charge in [-0.3, -0.25) is 9.59 Å². The second-order valence-electron chi connectivity index (χ2n) is 5.33. The number of nitrogens with zero attached hydrogens (tertiary/aromatic N) is 3. The van der Waals surface area contributed by atoms with Crippen LogP contribution in [0.1, 0.15) is 16.9 Å². The Morgan fingerprint density at radius 1 is 1.24 bits per heavy atom. The number of hydrogen-bond donors (Lipinski definition) is 1. The fourth-order valence-electron chi connectivity index (χ4n) is 2.11. The van der Waals surface area contributed by atoms with Crippen molar-refractivity contribution in [3.8, 4) is 11.4 Å². The Morgan fingerprint density at radius 2 is 1.96 bits per heavy atom. The Balaban J connectivity index is 2.25. The number of para-hydroxylation sites is 1. The lowest BCUT2D eigenvalue weighted by Crippen LogP contribution is -2.30. The number of rotatable bonds is 9. The SMILES string of the molecule is COCCOc1cn(-c2ccccc2)nc1C(=O)N(C)CCC(=O)O. The maximum atomic E-state index is 12.6. The molecule has 0 saturated heterocycles. The molecule has 0 atom stereocenters. The molecule has 1 heterocycles. The number of aromatic nitrogens is 2. The molecule has 0 aliphatic rings. The third-order valence-electron chi connectivity index (χ3n) is 3.46. The molecule has 0 radical (unpaired) electrons. The van der Waals surface area contributed by atoms with Crippen LogP contribution in [0.2, 0.25) is 0 Å². The molecule has 8 heteroatoms. The lowest BCUT2D eigenvalue weighted by Gasteiger charge is -2.15. The van der Waals surface area contributed by atoms with E-state index in [1.807, 2.05) is 30.3 Å². The molecule has 0 spiro atoms. The third kappa shape index (κ3) is 5.05. The van der Waals surface area contributed by atoms with Gasteiger partial charge in [-0.05, 0) is 12.1 Å². The van der Waals surface area contributed by atoms with E-state index >= 15 is 0 Å². The van der Waals surface area contributed by atoms with E-state index in [2.05, 4.69) is 5.10 Å². The lowest BCUT2D eigenvalue weighted by molar-refractivity contribution is -0.137. The summed E-state index contributed by atoms with van der Waals surface area (Å²) in [5.41, 5.74) is 0.916. The van der Waals surface area contributed by atoms with Crippen molar-refractivity contribution < 1.29 is 24.2 Å². The number of aliphatic carboxylic acids is 1. The topological polar surface area (TPSA) is 93.9 Å². The normalized spacial score (nSPS) is 10.5.